The molecule has 8 nitrogen and oxygen atoms in total. The lowest BCUT2D eigenvalue weighted by Gasteiger charge is -2.10. The molecule has 0 saturated heterocycles. The Balaban J connectivity index is 1.38. The number of carbonyl (C=O) groups is 1. The third-order valence-electron chi connectivity index (χ3n) is 5.03. The number of amides is 1. The van der Waals surface area contributed by atoms with E-state index in [9.17, 15) is 9.59 Å². The maximum atomic E-state index is 12.8. The van der Waals surface area contributed by atoms with Crippen molar-refractivity contribution in [3.8, 4) is 22.8 Å². The van der Waals surface area contributed by atoms with Gasteiger partial charge in [-0.1, -0.05) is 29.8 Å². The van der Waals surface area contributed by atoms with Crippen molar-refractivity contribution in [1.29, 1.82) is 0 Å². The number of anilines is 1. The van der Waals surface area contributed by atoms with E-state index < -0.39 is 0 Å². The van der Waals surface area contributed by atoms with Gasteiger partial charge < -0.3 is 14.8 Å². The van der Waals surface area contributed by atoms with Crippen molar-refractivity contribution < 1.29 is 14.3 Å². The van der Waals surface area contributed by atoms with E-state index in [1.807, 2.05) is 23.6 Å². The molecule has 4 rings (SSSR count). The number of aryl methyl sites for hydroxylation is 1. The number of thiazole rings is 1. The predicted octanol–water partition coefficient (Wildman–Crippen LogP) is 4.61. The maximum Gasteiger partial charge on any atom is 0.261 e. The van der Waals surface area contributed by atoms with Gasteiger partial charge >= 0.3 is 0 Å². The van der Waals surface area contributed by atoms with Crippen LogP contribution in [0.5, 0.6) is 11.5 Å². The number of nitrogens with zero attached hydrogens (tertiary/aromatic N) is 3. The predicted molar refractivity (Wildman–Crippen MR) is 130 cm³/mol. The highest BCUT2D eigenvalue weighted by Crippen LogP contribution is 2.31. The average molecular weight is 485 g/mol. The van der Waals surface area contributed by atoms with E-state index in [1.54, 1.807) is 18.2 Å². The monoisotopic (exact) mass is 484 g/mol. The summed E-state index contributed by atoms with van der Waals surface area (Å²) >= 11 is 7.55. The first-order valence-corrected chi connectivity index (χ1v) is 11.4. The molecule has 10 heteroatoms. The van der Waals surface area contributed by atoms with Gasteiger partial charge in [0.25, 0.3) is 5.56 Å². The van der Waals surface area contributed by atoms with Gasteiger partial charge in [-0.3, -0.25) is 14.2 Å². The minimum absolute atomic E-state index is 0.178. The van der Waals surface area contributed by atoms with Crippen molar-refractivity contribution in [3.63, 3.8) is 0 Å². The molecular weight excluding hydrogens is 464 g/mol. The molecule has 0 spiro atoms. The highest BCUT2D eigenvalue weighted by molar-refractivity contribution is 7.14. The molecule has 0 bridgehead atoms. The van der Waals surface area contributed by atoms with E-state index in [4.69, 9.17) is 21.1 Å². The molecule has 0 saturated carbocycles. The Morgan fingerprint density at radius 3 is 2.70 bits per heavy atom. The largest absolute Gasteiger partial charge is 0.493 e. The molecule has 4 aromatic rings. The van der Waals surface area contributed by atoms with Crippen LogP contribution in [0, 0.1) is 0 Å². The molecule has 1 amide bonds. The molecule has 2 heterocycles. The second-order valence-electron chi connectivity index (χ2n) is 7.14. The van der Waals surface area contributed by atoms with Crippen LogP contribution in [0.15, 0.2) is 52.9 Å². The number of carbonyl (C=O) groups excluding carboxylic acids is 1. The molecular formula is C23H21ClN4O4S. The zero-order valence-electron chi connectivity index (χ0n) is 18.0. The number of halogens is 1. The van der Waals surface area contributed by atoms with Crippen LogP contribution >= 0.6 is 22.9 Å². The Hall–Kier alpha value is -3.43. The molecule has 1 N–H and O–H groups in total. The van der Waals surface area contributed by atoms with E-state index in [-0.39, 0.29) is 17.9 Å². The number of benzene rings is 2. The van der Waals surface area contributed by atoms with Gasteiger partial charge in [-0.05, 0) is 18.6 Å². The van der Waals surface area contributed by atoms with Crippen LogP contribution in [-0.4, -0.2) is 34.7 Å². The number of methoxy groups -OCH3 is 2. The fourth-order valence-electron chi connectivity index (χ4n) is 3.36. The summed E-state index contributed by atoms with van der Waals surface area (Å²) in [4.78, 5) is 34.0. The Bertz CT molecular complexity index is 1370. The number of fused-ring (bicyclic) bond motifs is 1. The first-order valence-electron chi connectivity index (χ1n) is 10.1. The number of hydrogen-bond acceptors (Lipinski definition) is 7. The van der Waals surface area contributed by atoms with Crippen molar-refractivity contribution in [3.05, 3.63) is 63.5 Å². The van der Waals surface area contributed by atoms with E-state index in [1.165, 1.54) is 36.5 Å². The summed E-state index contributed by atoms with van der Waals surface area (Å²) in [5, 5.41) is 6.18. The van der Waals surface area contributed by atoms with Gasteiger partial charge in [0.15, 0.2) is 16.6 Å². The van der Waals surface area contributed by atoms with Crippen molar-refractivity contribution >= 4 is 44.9 Å². The minimum atomic E-state index is -0.203. The third kappa shape index (κ3) is 4.99. The summed E-state index contributed by atoms with van der Waals surface area (Å²) in [5.41, 5.74) is 1.84. The number of aromatic nitrogens is 3. The zero-order valence-corrected chi connectivity index (χ0v) is 19.6. The van der Waals surface area contributed by atoms with Crippen LogP contribution in [0.1, 0.15) is 12.8 Å². The van der Waals surface area contributed by atoms with E-state index in [0.717, 1.165) is 5.56 Å². The van der Waals surface area contributed by atoms with Crippen LogP contribution in [-0.2, 0) is 11.3 Å². The molecule has 0 atom stereocenters. The Labute approximate surface area is 198 Å². The van der Waals surface area contributed by atoms with Gasteiger partial charge in [-0.25, -0.2) is 9.97 Å². The molecule has 0 aliphatic carbocycles. The summed E-state index contributed by atoms with van der Waals surface area (Å²) in [6.07, 6.45) is 2.18. The molecule has 0 aliphatic rings. The van der Waals surface area contributed by atoms with Gasteiger partial charge in [0.1, 0.15) is 0 Å². The third-order valence-corrected chi connectivity index (χ3v) is 6.12. The summed E-state index contributed by atoms with van der Waals surface area (Å²) in [5.74, 6) is 0.787. The lowest BCUT2D eigenvalue weighted by atomic mass is 10.2. The number of nitrogens with one attached hydrogen (secondary N) is 1. The van der Waals surface area contributed by atoms with Gasteiger partial charge in [0.2, 0.25) is 5.91 Å². The molecule has 170 valence electrons. The number of rotatable bonds is 8. The van der Waals surface area contributed by atoms with Gasteiger partial charge in [0, 0.05) is 35.0 Å². The topological polar surface area (TPSA) is 95.3 Å². The quantitative estimate of drug-likeness (QED) is 0.392. The van der Waals surface area contributed by atoms with Crippen molar-refractivity contribution in [2.75, 3.05) is 19.5 Å². The fraction of sp³-hybridized carbons (Fsp3) is 0.217. The lowest BCUT2D eigenvalue weighted by molar-refractivity contribution is -0.116. The first kappa shape index (κ1) is 22.8. The van der Waals surface area contributed by atoms with Crippen LogP contribution in [0.25, 0.3) is 22.2 Å². The van der Waals surface area contributed by atoms with Crippen LogP contribution in [0.4, 0.5) is 5.13 Å². The molecule has 0 radical (unpaired) electrons. The minimum Gasteiger partial charge on any atom is -0.493 e. The van der Waals surface area contributed by atoms with Gasteiger partial charge in [-0.15, -0.1) is 11.3 Å². The summed E-state index contributed by atoms with van der Waals surface area (Å²) < 4.78 is 12.0. The Morgan fingerprint density at radius 1 is 1.18 bits per heavy atom. The standard InChI is InChI=1S/C23H21ClN4O4S/c1-31-19-10-15-17(11-20(19)32-2)25-13-28(22(15)30)9-5-8-21(29)27-23-26-18(12-33-23)14-6-3-4-7-16(14)24/h3-4,6-7,10-13H,5,8-9H2,1-2H3,(H,26,27,29). The van der Waals surface area contributed by atoms with E-state index in [2.05, 4.69) is 15.3 Å². The SMILES string of the molecule is COc1cc2ncn(CCCC(=O)Nc3nc(-c4ccccc4Cl)cs3)c(=O)c2cc1OC. The molecule has 0 aliphatic heterocycles. The van der Waals surface area contributed by atoms with Crippen LogP contribution < -0.4 is 20.3 Å². The second-order valence-corrected chi connectivity index (χ2v) is 8.40. The molecule has 0 unspecified atom stereocenters. The summed E-state index contributed by atoms with van der Waals surface area (Å²) in [7, 11) is 3.04. The molecule has 0 fully saturated rings. The zero-order chi connectivity index (χ0) is 23.4. The lowest BCUT2D eigenvalue weighted by Crippen LogP contribution is -2.22. The Kier molecular flexibility index (Phi) is 6.90. The van der Waals surface area contributed by atoms with Gasteiger partial charge in [0.05, 0.1) is 37.1 Å². The van der Waals surface area contributed by atoms with Crippen molar-refractivity contribution in [2.24, 2.45) is 0 Å². The van der Waals surface area contributed by atoms with Crippen molar-refractivity contribution in [2.45, 2.75) is 19.4 Å². The maximum absolute atomic E-state index is 12.8. The molecule has 2 aromatic carbocycles. The number of hydrogen-bond donors (Lipinski definition) is 1. The van der Waals surface area contributed by atoms with Crippen LogP contribution in [0.2, 0.25) is 5.02 Å². The molecule has 33 heavy (non-hydrogen) atoms. The molecule has 2 aromatic heterocycles. The van der Waals surface area contributed by atoms with Crippen molar-refractivity contribution in [1.82, 2.24) is 14.5 Å². The normalized spacial score (nSPS) is 10.9. The van der Waals surface area contributed by atoms with Crippen LogP contribution in [0.3, 0.4) is 0 Å². The van der Waals surface area contributed by atoms with Gasteiger partial charge in [-0.2, -0.15) is 0 Å². The average Bonchev–Trinajstić information content (AvgIpc) is 3.28. The smallest absolute Gasteiger partial charge is 0.261 e. The van der Waals surface area contributed by atoms with E-state index in [0.29, 0.717) is 51.2 Å². The first-order chi connectivity index (χ1) is 16.0. The second kappa shape index (κ2) is 10.0. The van der Waals surface area contributed by atoms with E-state index >= 15 is 0 Å². The summed E-state index contributed by atoms with van der Waals surface area (Å²) in [6, 6.07) is 10.7. The highest BCUT2D eigenvalue weighted by atomic mass is 35.5. The highest BCUT2D eigenvalue weighted by Gasteiger charge is 2.13. The Morgan fingerprint density at radius 2 is 1.94 bits per heavy atom. The fourth-order valence-corrected chi connectivity index (χ4v) is 4.32. The summed E-state index contributed by atoms with van der Waals surface area (Å²) in [6.45, 7) is 0.353. The number of ether oxygens (including phenoxy) is 2.